The van der Waals surface area contributed by atoms with E-state index in [1.807, 2.05) is 0 Å². The van der Waals surface area contributed by atoms with Gasteiger partial charge in [-0.15, -0.1) is 72.6 Å². The molecule has 124 valence electrons. The molecule has 0 spiro atoms. The molecule has 0 unspecified atom stereocenters. The molecule has 0 rings (SSSR count). The molecule has 4 nitrogen and oxygen atoms in total. The molecule has 0 aliphatic heterocycles. The van der Waals surface area contributed by atoms with Gasteiger partial charge < -0.3 is 21.3 Å². The van der Waals surface area contributed by atoms with E-state index in [2.05, 4.69) is 21.3 Å². The smallest absolute Gasteiger partial charge is 0.663 e. The van der Waals surface area contributed by atoms with E-state index in [-0.39, 0.29) is 19.5 Å². The van der Waals surface area contributed by atoms with Crippen LogP contribution in [0.2, 0.25) is 0 Å². The monoisotopic (exact) mass is 428 g/mol. The minimum Gasteiger partial charge on any atom is -0.663 e. The third-order valence-corrected chi connectivity index (χ3v) is 2.48. The normalized spacial score (nSPS) is 9.71. The first-order chi connectivity index (χ1) is 9.83. The molecule has 0 bridgehead atoms. The van der Waals surface area contributed by atoms with Crippen LogP contribution < -0.4 is 0 Å². The summed E-state index contributed by atoms with van der Waals surface area (Å²) in [5, 5.41) is 16.4. The second-order valence-corrected chi connectivity index (χ2v) is 4.95. The first-order valence-corrected chi connectivity index (χ1v) is 8.74. The third kappa shape index (κ3) is 34.1. The minimum atomic E-state index is 0. The van der Waals surface area contributed by atoms with Crippen LogP contribution in [-0.2, 0) is 19.5 Å². The summed E-state index contributed by atoms with van der Waals surface area (Å²) in [6.45, 7) is 6.06. The SMILES string of the molecule is ClCC[N-]CC[N-]CCCl.ClCC[N-]CC[N-]CCCl.[Zn+2]. The maximum Gasteiger partial charge on any atom is 2.00 e. The molecule has 0 aromatic heterocycles. The summed E-state index contributed by atoms with van der Waals surface area (Å²) in [4.78, 5) is 0. The van der Waals surface area contributed by atoms with Crippen LogP contribution >= 0.6 is 46.4 Å². The molecule has 0 radical (unpaired) electrons. The van der Waals surface area contributed by atoms with E-state index in [4.69, 9.17) is 46.4 Å². The van der Waals surface area contributed by atoms with Crippen molar-refractivity contribution in [1.82, 2.24) is 0 Å². The molecule has 0 amide bonds. The maximum atomic E-state index is 5.40. The summed E-state index contributed by atoms with van der Waals surface area (Å²) in [5.74, 6) is 2.43. The molecule has 0 atom stereocenters. The van der Waals surface area contributed by atoms with Crippen molar-refractivity contribution in [3.05, 3.63) is 21.3 Å². The van der Waals surface area contributed by atoms with Crippen molar-refractivity contribution in [2.24, 2.45) is 0 Å². The molecule has 0 aliphatic carbocycles. The van der Waals surface area contributed by atoms with Crippen LogP contribution in [0.1, 0.15) is 0 Å². The predicted octanol–water partition coefficient (Wildman–Crippen LogP) is 4.42. The van der Waals surface area contributed by atoms with Gasteiger partial charge in [0.25, 0.3) is 0 Å². The van der Waals surface area contributed by atoms with Gasteiger partial charge in [-0.25, -0.2) is 0 Å². The number of hydrogen-bond donors (Lipinski definition) is 0. The average molecular weight is 432 g/mol. The third-order valence-electron chi connectivity index (χ3n) is 1.80. The summed E-state index contributed by atoms with van der Waals surface area (Å²) in [5.41, 5.74) is 0. The molecule has 0 heterocycles. The summed E-state index contributed by atoms with van der Waals surface area (Å²) in [7, 11) is 0. The Labute approximate surface area is 162 Å². The van der Waals surface area contributed by atoms with E-state index < -0.39 is 0 Å². The fourth-order valence-corrected chi connectivity index (χ4v) is 1.45. The zero-order chi connectivity index (χ0) is 15.3. The first-order valence-electron chi connectivity index (χ1n) is 6.60. The Morgan fingerprint density at radius 3 is 0.714 bits per heavy atom. The van der Waals surface area contributed by atoms with Crippen molar-refractivity contribution in [1.29, 1.82) is 0 Å². The van der Waals surface area contributed by atoms with Gasteiger partial charge in [0.1, 0.15) is 0 Å². The Balaban J connectivity index is -0.000000295. The van der Waals surface area contributed by atoms with Crippen LogP contribution in [-0.4, -0.2) is 75.9 Å². The summed E-state index contributed by atoms with van der Waals surface area (Å²) < 4.78 is 0. The van der Waals surface area contributed by atoms with Crippen LogP contribution in [0.3, 0.4) is 0 Å². The van der Waals surface area contributed by atoms with Gasteiger partial charge in [0.15, 0.2) is 0 Å². The molecular formula is C12H24Cl4N4Zn-2. The van der Waals surface area contributed by atoms with Crippen LogP contribution in [0.4, 0.5) is 0 Å². The van der Waals surface area contributed by atoms with Crippen molar-refractivity contribution in [2.75, 3.05) is 75.9 Å². The number of alkyl halides is 4. The van der Waals surface area contributed by atoms with E-state index in [1.54, 1.807) is 0 Å². The fraction of sp³-hybridized carbons (Fsp3) is 1.00. The van der Waals surface area contributed by atoms with E-state index in [1.165, 1.54) is 0 Å². The predicted molar refractivity (Wildman–Crippen MR) is 95.3 cm³/mol. The topological polar surface area (TPSA) is 56.4 Å². The zero-order valence-corrected chi connectivity index (χ0v) is 18.5. The molecule has 0 fully saturated rings. The molecule has 0 saturated heterocycles. The Morgan fingerprint density at radius 2 is 0.571 bits per heavy atom. The number of nitrogens with zero attached hydrogens (tertiary/aromatic N) is 4. The van der Waals surface area contributed by atoms with Crippen LogP contribution in [0.15, 0.2) is 0 Å². The van der Waals surface area contributed by atoms with Crippen LogP contribution in [0, 0.1) is 0 Å². The van der Waals surface area contributed by atoms with Gasteiger partial charge in [0, 0.05) is 23.5 Å². The number of halogens is 4. The van der Waals surface area contributed by atoms with Crippen molar-refractivity contribution in [2.45, 2.75) is 0 Å². The maximum absolute atomic E-state index is 5.40. The largest absolute Gasteiger partial charge is 2.00 e. The molecule has 9 heteroatoms. The van der Waals surface area contributed by atoms with Crippen molar-refractivity contribution < 1.29 is 19.5 Å². The van der Waals surface area contributed by atoms with E-state index in [9.17, 15) is 0 Å². The molecule has 0 aromatic rings. The second kappa shape index (κ2) is 29.6. The molecule has 0 N–H and O–H groups in total. The molecule has 21 heavy (non-hydrogen) atoms. The van der Waals surface area contributed by atoms with Gasteiger partial charge in [0.2, 0.25) is 0 Å². The van der Waals surface area contributed by atoms with Gasteiger partial charge in [0.05, 0.1) is 0 Å². The van der Waals surface area contributed by atoms with Crippen molar-refractivity contribution in [3.8, 4) is 0 Å². The Kier molecular flexibility index (Phi) is 38.7. The van der Waals surface area contributed by atoms with Crippen LogP contribution in [0.5, 0.6) is 0 Å². The second-order valence-electron chi connectivity index (χ2n) is 3.44. The minimum absolute atomic E-state index is 0. The van der Waals surface area contributed by atoms with Gasteiger partial charge >= 0.3 is 19.5 Å². The Bertz CT molecular complexity index is 129. The number of hydrogen-bond acceptors (Lipinski definition) is 0. The van der Waals surface area contributed by atoms with E-state index in [0.29, 0.717) is 23.5 Å². The van der Waals surface area contributed by atoms with Gasteiger partial charge in [-0.05, 0) is 0 Å². The Hall–Kier alpha value is 1.62. The van der Waals surface area contributed by atoms with Crippen LogP contribution in [0.25, 0.3) is 21.3 Å². The molecular weight excluding hydrogens is 407 g/mol. The summed E-state index contributed by atoms with van der Waals surface area (Å²) in [6.07, 6.45) is 0. The van der Waals surface area contributed by atoms with E-state index in [0.717, 1.165) is 52.4 Å². The molecule has 0 aromatic carbocycles. The standard InChI is InChI=1S/2C6H12Cl2N2.Zn/c2*7-1-3-9-5-6-10-4-2-8;/h2*1-6H2;/q2*-2;+2. The fourth-order valence-electron chi connectivity index (χ4n) is 0.969. The quantitative estimate of drug-likeness (QED) is 0.222. The van der Waals surface area contributed by atoms with Gasteiger partial charge in [-0.2, -0.15) is 26.2 Å². The summed E-state index contributed by atoms with van der Waals surface area (Å²) >= 11 is 21.6. The first kappa shape index (κ1) is 27.5. The number of rotatable bonds is 14. The van der Waals surface area contributed by atoms with Gasteiger partial charge in [-0.1, -0.05) is 0 Å². The molecule has 0 saturated carbocycles. The Morgan fingerprint density at radius 1 is 0.381 bits per heavy atom. The van der Waals surface area contributed by atoms with Gasteiger partial charge in [-0.3, -0.25) is 0 Å². The molecule has 0 aliphatic rings. The van der Waals surface area contributed by atoms with E-state index >= 15 is 0 Å². The van der Waals surface area contributed by atoms with Crippen molar-refractivity contribution in [3.63, 3.8) is 0 Å². The zero-order valence-electron chi connectivity index (χ0n) is 12.5. The van der Waals surface area contributed by atoms with Crippen molar-refractivity contribution >= 4 is 46.4 Å². The summed E-state index contributed by atoms with van der Waals surface area (Å²) in [6, 6.07) is 0. The average Bonchev–Trinajstić information content (AvgIpc) is 2.47.